The molecule has 0 bridgehead atoms. The van der Waals surface area contributed by atoms with Crippen LogP contribution in [0.3, 0.4) is 0 Å². The smallest absolute Gasteiger partial charge is 0.0668 e. The molecule has 0 aliphatic carbocycles. The summed E-state index contributed by atoms with van der Waals surface area (Å²) in [5.41, 5.74) is 5.29. The van der Waals surface area contributed by atoms with Crippen molar-refractivity contribution in [3.05, 3.63) is 47.3 Å². The number of hydrogen-bond donors (Lipinski definition) is 1. The lowest BCUT2D eigenvalue weighted by molar-refractivity contribution is 0.474. The van der Waals surface area contributed by atoms with Gasteiger partial charge in [0.05, 0.1) is 5.69 Å². The van der Waals surface area contributed by atoms with E-state index in [-0.39, 0.29) is 0 Å². The highest BCUT2D eigenvalue weighted by Gasteiger charge is 2.10. The van der Waals surface area contributed by atoms with Gasteiger partial charge in [-0.15, -0.1) is 0 Å². The molecular weight excluding hydrogens is 246 g/mol. The molecule has 0 saturated heterocycles. The number of hydrogen-bond acceptors (Lipinski definition) is 2. The molecule has 1 aromatic carbocycles. The molecule has 3 heteroatoms. The summed E-state index contributed by atoms with van der Waals surface area (Å²) in [4.78, 5) is 0. The second kappa shape index (κ2) is 5.70. The van der Waals surface area contributed by atoms with Gasteiger partial charge in [-0.3, -0.25) is 4.68 Å². The van der Waals surface area contributed by atoms with Crippen LogP contribution in [0.15, 0.2) is 30.5 Å². The average molecular weight is 269 g/mol. The summed E-state index contributed by atoms with van der Waals surface area (Å²) in [5.74, 6) is 0. The van der Waals surface area contributed by atoms with Crippen LogP contribution in [-0.2, 0) is 12.8 Å². The summed E-state index contributed by atoms with van der Waals surface area (Å²) >= 11 is 0. The van der Waals surface area contributed by atoms with Crippen LogP contribution in [0.2, 0.25) is 0 Å². The first-order valence-electron chi connectivity index (χ1n) is 7.66. The van der Waals surface area contributed by atoms with Crippen molar-refractivity contribution < 1.29 is 0 Å². The number of aromatic nitrogens is 2. The van der Waals surface area contributed by atoms with Crippen molar-refractivity contribution in [2.45, 2.75) is 45.6 Å². The Kier molecular flexibility index (Phi) is 3.77. The number of aryl methyl sites for hydroxylation is 1. The van der Waals surface area contributed by atoms with Crippen molar-refractivity contribution in [2.24, 2.45) is 0 Å². The quantitative estimate of drug-likeness (QED) is 0.915. The van der Waals surface area contributed by atoms with Crippen LogP contribution in [0.5, 0.6) is 0 Å². The normalized spacial score (nSPS) is 15.5. The maximum atomic E-state index is 4.69. The van der Waals surface area contributed by atoms with Gasteiger partial charge in [0, 0.05) is 30.9 Å². The summed E-state index contributed by atoms with van der Waals surface area (Å²) in [7, 11) is 0. The van der Waals surface area contributed by atoms with Crippen molar-refractivity contribution in [3.63, 3.8) is 0 Å². The van der Waals surface area contributed by atoms with Crippen LogP contribution in [-0.4, -0.2) is 16.3 Å². The first-order valence-corrected chi connectivity index (χ1v) is 7.66. The lowest BCUT2D eigenvalue weighted by Gasteiger charge is -2.18. The van der Waals surface area contributed by atoms with Crippen LogP contribution in [0, 0.1) is 0 Å². The molecule has 0 spiro atoms. The molecule has 0 fully saturated rings. The van der Waals surface area contributed by atoms with E-state index in [2.05, 4.69) is 59.4 Å². The average Bonchev–Trinajstić information content (AvgIpc) is 2.95. The Hall–Kier alpha value is -1.77. The first-order chi connectivity index (χ1) is 9.76. The van der Waals surface area contributed by atoms with Gasteiger partial charge in [0.2, 0.25) is 0 Å². The highest BCUT2D eigenvalue weighted by Crippen LogP contribution is 2.24. The van der Waals surface area contributed by atoms with E-state index >= 15 is 0 Å². The summed E-state index contributed by atoms with van der Waals surface area (Å²) < 4.78 is 2.08. The molecule has 106 valence electrons. The molecule has 0 amide bonds. The summed E-state index contributed by atoms with van der Waals surface area (Å²) in [6.45, 7) is 5.51. The molecular formula is C17H23N3. The second-order valence-electron chi connectivity index (χ2n) is 5.74. The fraction of sp³-hybridized carbons (Fsp3) is 0.471. The molecule has 1 unspecified atom stereocenters. The third-order valence-electron chi connectivity index (χ3n) is 4.20. The standard InChI is InChI=1S/C17H23N3/c1-3-13(2)20-10-8-16(19-20)12-14-6-7-17-15(11-14)5-4-9-18-17/h6-8,10-11,13,18H,3-5,9,12H2,1-2H3. The van der Waals surface area contributed by atoms with E-state index in [1.165, 1.54) is 29.7 Å². The molecule has 1 aliphatic heterocycles. The Morgan fingerprint density at radius 1 is 1.35 bits per heavy atom. The van der Waals surface area contributed by atoms with Gasteiger partial charge in [-0.25, -0.2) is 0 Å². The van der Waals surface area contributed by atoms with Crippen molar-refractivity contribution in [1.82, 2.24) is 9.78 Å². The third-order valence-corrected chi connectivity index (χ3v) is 4.20. The topological polar surface area (TPSA) is 29.9 Å². The Bertz CT molecular complexity index is 586. The minimum absolute atomic E-state index is 0.483. The Morgan fingerprint density at radius 3 is 3.10 bits per heavy atom. The molecule has 0 radical (unpaired) electrons. The van der Waals surface area contributed by atoms with Gasteiger partial charge in [0.15, 0.2) is 0 Å². The van der Waals surface area contributed by atoms with Gasteiger partial charge >= 0.3 is 0 Å². The maximum absolute atomic E-state index is 4.69. The van der Waals surface area contributed by atoms with E-state index in [9.17, 15) is 0 Å². The lowest BCUT2D eigenvalue weighted by Crippen LogP contribution is -2.11. The van der Waals surface area contributed by atoms with Crippen LogP contribution >= 0.6 is 0 Å². The van der Waals surface area contributed by atoms with E-state index in [1.807, 2.05) is 0 Å². The van der Waals surface area contributed by atoms with E-state index in [1.54, 1.807) is 0 Å². The van der Waals surface area contributed by atoms with E-state index in [4.69, 9.17) is 0 Å². The highest BCUT2D eigenvalue weighted by molar-refractivity contribution is 5.54. The van der Waals surface area contributed by atoms with E-state index in [0.717, 1.165) is 25.1 Å². The number of nitrogens with zero attached hydrogens (tertiary/aromatic N) is 2. The predicted molar refractivity (Wildman–Crippen MR) is 83.3 cm³/mol. The maximum Gasteiger partial charge on any atom is 0.0668 e. The Labute approximate surface area is 121 Å². The SMILES string of the molecule is CCC(C)n1ccc(Cc2ccc3c(c2)CCCN3)n1. The van der Waals surface area contributed by atoms with Crippen LogP contribution in [0.25, 0.3) is 0 Å². The van der Waals surface area contributed by atoms with Gasteiger partial charge in [0.1, 0.15) is 0 Å². The zero-order chi connectivity index (χ0) is 13.9. The molecule has 3 nitrogen and oxygen atoms in total. The minimum atomic E-state index is 0.483. The number of fused-ring (bicyclic) bond motifs is 1. The van der Waals surface area contributed by atoms with Crippen molar-refractivity contribution in [3.8, 4) is 0 Å². The molecule has 1 N–H and O–H groups in total. The highest BCUT2D eigenvalue weighted by atomic mass is 15.3. The molecule has 2 aromatic rings. The van der Waals surface area contributed by atoms with Crippen LogP contribution in [0.1, 0.15) is 49.6 Å². The van der Waals surface area contributed by atoms with Gasteiger partial charge in [-0.05, 0) is 49.4 Å². The Morgan fingerprint density at radius 2 is 2.25 bits per heavy atom. The second-order valence-corrected chi connectivity index (χ2v) is 5.74. The molecule has 0 saturated carbocycles. The molecule has 1 atom stereocenters. The first kappa shape index (κ1) is 13.2. The van der Waals surface area contributed by atoms with Gasteiger partial charge in [-0.1, -0.05) is 19.1 Å². The molecule has 3 rings (SSSR count). The molecule has 20 heavy (non-hydrogen) atoms. The fourth-order valence-electron chi connectivity index (χ4n) is 2.75. The summed E-state index contributed by atoms with van der Waals surface area (Å²) in [5, 5.41) is 8.15. The van der Waals surface area contributed by atoms with Crippen molar-refractivity contribution in [2.75, 3.05) is 11.9 Å². The lowest BCUT2D eigenvalue weighted by atomic mass is 9.99. The summed E-state index contributed by atoms with van der Waals surface area (Å²) in [6, 6.07) is 9.40. The zero-order valence-electron chi connectivity index (χ0n) is 12.4. The number of rotatable bonds is 4. The molecule has 1 aromatic heterocycles. The molecule has 1 aliphatic rings. The largest absolute Gasteiger partial charge is 0.385 e. The van der Waals surface area contributed by atoms with Crippen molar-refractivity contribution in [1.29, 1.82) is 0 Å². The van der Waals surface area contributed by atoms with E-state index < -0.39 is 0 Å². The molecule has 2 heterocycles. The number of benzene rings is 1. The van der Waals surface area contributed by atoms with Crippen LogP contribution < -0.4 is 5.32 Å². The van der Waals surface area contributed by atoms with Gasteiger partial charge in [-0.2, -0.15) is 5.10 Å². The van der Waals surface area contributed by atoms with Gasteiger partial charge in [0.25, 0.3) is 0 Å². The van der Waals surface area contributed by atoms with E-state index in [0.29, 0.717) is 6.04 Å². The monoisotopic (exact) mass is 269 g/mol. The summed E-state index contributed by atoms with van der Waals surface area (Å²) in [6.07, 6.45) is 6.57. The Balaban J connectivity index is 1.76. The van der Waals surface area contributed by atoms with Crippen LogP contribution in [0.4, 0.5) is 5.69 Å². The number of nitrogens with one attached hydrogen (secondary N) is 1. The van der Waals surface area contributed by atoms with Gasteiger partial charge < -0.3 is 5.32 Å². The van der Waals surface area contributed by atoms with Crippen molar-refractivity contribution >= 4 is 5.69 Å². The zero-order valence-corrected chi connectivity index (χ0v) is 12.4. The number of anilines is 1. The minimum Gasteiger partial charge on any atom is -0.385 e. The third kappa shape index (κ3) is 2.72. The fourth-order valence-corrected chi connectivity index (χ4v) is 2.75. The predicted octanol–water partition coefficient (Wildman–Crippen LogP) is 3.80.